The van der Waals surface area contributed by atoms with Gasteiger partial charge in [0.25, 0.3) is 0 Å². The maximum Gasteiger partial charge on any atom is 0.128 e. The number of thiol groups is 1. The molecule has 1 aliphatic heterocycles. The van der Waals surface area contributed by atoms with Gasteiger partial charge in [0.1, 0.15) is 5.82 Å². The van der Waals surface area contributed by atoms with Gasteiger partial charge in [0.15, 0.2) is 0 Å². The molecule has 0 bridgehead atoms. The molecule has 1 N–H and O–H groups in total. The van der Waals surface area contributed by atoms with E-state index in [1.165, 1.54) is 18.4 Å². The number of nitrogens with zero attached hydrogens (tertiary/aromatic N) is 2. The standard InChI is InChI=1S/C25H35N3OS/c1-25(17-28(16-14-23(25)27-19-30)24-9-5-6-15-26-24)18-29-22-12-10-21(11-13-22)20-7-3-2-4-8-20/h2-9,15,21-23,27,30H,10-14,16-19H2,1H3/t21?,22?,23-,25-/m0/s1. The molecule has 5 heteroatoms. The monoisotopic (exact) mass is 425 g/mol. The number of pyridine rings is 1. The predicted molar refractivity (Wildman–Crippen MR) is 127 cm³/mol. The van der Waals surface area contributed by atoms with Crippen LogP contribution in [0.25, 0.3) is 0 Å². The molecule has 1 aromatic carbocycles. The van der Waals surface area contributed by atoms with E-state index in [1.807, 2.05) is 12.3 Å². The Morgan fingerprint density at radius 2 is 1.83 bits per heavy atom. The molecule has 0 radical (unpaired) electrons. The number of nitrogens with one attached hydrogen (secondary N) is 1. The van der Waals surface area contributed by atoms with Gasteiger partial charge >= 0.3 is 0 Å². The lowest BCUT2D eigenvalue weighted by atomic mass is 9.77. The average molecular weight is 426 g/mol. The number of ether oxygens (including phenoxy) is 1. The summed E-state index contributed by atoms with van der Waals surface area (Å²) in [6.45, 7) is 5.11. The van der Waals surface area contributed by atoms with Crippen molar-refractivity contribution in [2.24, 2.45) is 5.41 Å². The summed E-state index contributed by atoms with van der Waals surface area (Å²) < 4.78 is 6.56. The molecule has 4 rings (SSSR count). The molecular weight excluding hydrogens is 390 g/mol. The summed E-state index contributed by atoms with van der Waals surface area (Å²) >= 11 is 4.44. The second-order valence-electron chi connectivity index (χ2n) is 9.16. The fourth-order valence-electron chi connectivity index (χ4n) is 5.20. The Hall–Kier alpha value is -1.56. The predicted octanol–water partition coefficient (Wildman–Crippen LogP) is 4.89. The molecule has 2 aromatic rings. The zero-order valence-corrected chi connectivity index (χ0v) is 18.9. The molecule has 1 aromatic heterocycles. The van der Waals surface area contributed by atoms with Crippen molar-refractivity contribution < 1.29 is 4.74 Å². The van der Waals surface area contributed by atoms with Gasteiger partial charge in [-0.1, -0.05) is 43.3 Å². The minimum Gasteiger partial charge on any atom is -0.378 e. The third-order valence-electron chi connectivity index (χ3n) is 6.99. The SMILES string of the molecule is C[C@@]1(COC2CCC(c3ccccc3)CC2)CN(c2ccccn2)CC[C@@H]1NCS. The van der Waals surface area contributed by atoms with Crippen LogP contribution in [-0.2, 0) is 4.74 Å². The lowest BCUT2D eigenvalue weighted by molar-refractivity contribution is -0.0364. The molecule has 0 unspecified atom stereocenters. The van der Waals surface area contributed by atoms with Crippen LogP contribution in [0.4, 0.5) is 5.82 Å². The van der Waals surface area contributed by atoms with E-state index in [4.69, 9.17) is 4.74 Å². The molecule has 1 aliphatic carbocycles. The molecule has 2 fully saturated rings. The Morgan fingerprint density at radius 1 is 1.07 bits per heavy atom. The molecule has 2 heterocycles. The van der Waals surface area contributed by atoms with Crippen LogP contribution in [-0.4, -0.2) is 42.7 Å². The number of hydrogen-bond donors (Lipinski definition) is 2. The Kier molecular flexibility index (Phi) is 7.34. The number of aromatic nitrogens is 1. The molecule has 162 valence electrons. The van der Waals surface area contributed by atoms with Gasteiger partial charge in [0, 0.05) is 36.6 Å². The van der Waals surface area contributed by atoms with Crippen molar-refractivity contribution in [3.8, 4) is 0 Å². The highest BCUT2D eigenvalue weighted by Gasteiger charge is 2.40. The molecule has 1 saturated carbocycles. The van der Waals surface area contributed by atoms with E-state index in [-0.39, 0.29) is 5.41 Å². The zero-order valence-electron chi connectivity index (χ0n) is 18.0. The van der Waals surface area contributed by atoms with Gasteiger partial charge < -0.3 is 15.0 Å². The van der Waals surface area contributed by atoms with Gasteiger partial charge in [-0.05, 0) is 55.7 Å². The largest absolute Gasteiger partial charge is 0.378 e. The van der Waals surface area contributed by atoms with Gasteiger partial charge in [0.05, 0.1) is 12.7 Å². The first-order valence-electron chi connectivity index (χ1n) is 11.3. The van der Waals surface area contributed by atoms with E-state index in [2.05, 4.69) is 77.2 Å². The van der Waals surface area contributed by atoms with Gasteiger partial charge in [-0.25, -0.2) is 4.98 Å². The second kappa shape index (κ2) is 10.2. The van der Waals surface area contributed by atoms with Gasteiger partial charge in [-0.15, -0.1) is 0 Å². The van der Waals surface area contributed by atoms with Gasteiger partial charge in [-0.3, -0.25) is 0 Å². The molecule has 2 atom stereocenters. The molecule has 4 nitrogen and oxygen atoms in total. The van der Waals surface area contributed by atoms with Crippen molar-refractivity contribution in [3.05, 3.63) is 60.3 Å². The number of anilines is 1. The Balaban J connectivity index is 1.35. The topological polar surface area (TPSA) is 37.4 Å². The van der Waals surface area contributed by atoms with Crippen LogP contribution in [0.15, 0.2) is 54.7 Å². The molecular formula is C25H35N3OS. The summed E-state index contributed by atoms with van der Waals surface area (Å²) in [5.74, 6) is 2.46. The number of hydrogen-bond acceptors (Lipinski definition) is 5. The summed E-state index contributed by atoms with van der Waals surface area (Å²) in [5, 5.41) is 3.60. The smallest absolute Gasteiger partial charge is 0.128 e. The van der Waals surface area contributed by atoms with E-state index in [0.717, 1.165) is 44.8 Å². The van der Waals surface area contributed by atoms with Crippen molar-refractivity contribution in [2.45, 2.75) is 57.1 Å². The first-order valence-corrected chi connectivity index (χ1v) is 12.0. The molecule has 30 heavy (non-hydrogen) atoms. The van der Waals surface area contributed by atoms with Crippen LogP contribution in [0.3, 0.4) is 0 Å². The van der Waals surface area contributed by atoms with E-state index < -0.39 is 0 Å². The minimum atomic E-state index is 0.0365. The Bertz CT molecular complexity index is 766. The van der Waals surface area contributed by atoms with Crippen LogP contribution in [0, 0.1) is 5.41 Å². The van der Waals surface area contributed by atoms with Crippen molar-refractivity contribution >= 4 is 18.4 Å². The third kappa shape index (κ3) is 5.19. The fraction of sp³-hybridized carbons (Fsp3) is 0.560. The number of benzene rings is 1. The first kappa shape index (κ1) is 21.7. The van der Waals surface area contributed by atoms with Gasteiger partial charge in [-0.2, -0.15) is 12.6 Å². The van der Waals surface area contributed by atoms with E-state index in [9.17, 15) is 0 Å². The second-order valence-corrected chi connectivity index (χ2v) is 9.48. The molecule has 2 aliphatic rings. The van der Waals surface area contributed by atoms with Crippen molar-refractivity contribution in [1.29, 1.82) is 0 Å². The summed E-state index contributed by atoms with van der Waals surface area (Å²) in [7, 11) is 0. The van der Waals surface area contributed by atoms with Crippen LogP contribution in [0.1, 0.15) is 50.5 Å². The zero-order chi connectivity index (χ0) is 20.8. The summed E-state index contributed by atoms with van der Waals surface area (Å²) in [5.41, 5.74) is 1.52. The Morgan fingerprint density at radius 3 is 2.53 bits per heavy atom. The number of piperidine rings is 1. The summed E-state index contributed by atoms with van der Waals surface area (Å²) in [6, 6.07) is 17.5. The lowest BCUT2D eigenvalue weighted by Gasteiger charge is -2.47. The number of rotatable bonds is 7. The minimum absolute atomic E-state index is 0.0365. The third-order valence-corrected chi connectivity index (χ3v) is 7.17. The normalized spacial score (nSPS) is 29.7. The van der Waals surface area contributed by atoms with Crippen molar-refractivity contribution in [3.63, 3.8) is 0 Å². The maximum absolute atomic E-state index is 6.56. The summed E-state index contributed by atoms with van der Waals surface area (Å²) in [6.07, 6.45) is 8.11. The van der Waals surface area contributed by atoms with Crippen molar-refractivity contribution in [1.82, 2.24) is 10.3 Å². The highest BCUT2D eigenvalue weighted by Crippen LogP contribution is 2.37. The lowest BCUT2D eigenvalue weighted by Crippen LogP contribution is -2.58. The quantitative estimate of drug-likeness (QED) is 0.489. The average Bonchev–Trinajstić information content (AvgIpc) is 2.81. The highest BCUT2D eigenvalue weighted by atomic mass is 32.1. The van der Waals surface area contributed by atoms with E-state index in [0.29, 0.717) is 23.9 Å². The first-order chi connectivity index (χ1) is 14.7. The van der Waals surface area contributed by atoms with Crippen LogP contribution in [0.5, 0.6) is 0 Å². The van der Waals surface area contributed by atoms with Crippen LogP contribution in [0.2, 0.25) is 0 Å². The van der Waals surface area contributed by atoms with Crippen LogP contribution < -0.4 is 10.2 Å². The summed E-state index contributed by atoms with van der Waals surface area (Å²) in [4.78, 5) is 6.98. The highest BCUT2D eigenvalue weighted by molar-refractivity contribution is 7.80. The van der Waals surface area contributed by atoms with Crippen LogP contribution >= 0.6 is 12.6 Å². The van der Waals surface area contributed by atoms with Crippen molar-refractivity contribution in [2.75, 3.05) is 30.5 Å². The molecule has 1 saturated heterocycles. The van der Waals surface area contributed by atoms with E-state index >= 15 is 0 Å². The Labute approximate surface area is 186 Å². The maximum atomic E-state index is 6.56. The fourth-order valence-corrected chi connectivity index (χ4v) is 5.42. The van der Waals surface area contributed by atoms with E-state index in [1.54, 1.807) is 0 Å². The van der Waals surface area contributed by atoms with Gasteiger partial charge in [0.2, 0.25) is 0 Å². The molecule has 0 spiro atoms. The molecule has 0 amide bonds.